The van der Waals surface area contributed by atoms with Crippen molar-refractivity contribution in [3.63, 3.8) is 0 Å². The predicted molar refractivity (Wildman–Crippen MR) is 116 cm³/mol. The summed E-state index contributed by atoms with van der Waals surface area (Å²) in [7, 11) is 3.87. The average Bonchev–Trinajstić information content (AvgIpc) is 3.34. The molecule has 2 aliphatic rings. The minimum atomic E-state index is -5.08. The SMILES string of the molecule is Cn1nc(CNC(=O)c2nn(C)c3c2CNCC3)c2c1CCNC2.O=C(O)C(F)(F)F.O=C(O)C(F)(F)F. The van der Waals surface area contributed by atoms with Gasteiger partial charge in [-0.15, -0.1) is 0 Å². The molecule has 0 spiro atoms. The second-order valence-electron chi connectivity index (χ2n) is 8.04. The number of rotatable bonds is 3. The molecule has 0 saturated heterocycles. The van der Waals surface area contributed by atoms with Crippen molar-refractivity contribution in [3.8, 4) is 0 Å². The molecular formula is C20H25F6N7O5. The van der Waals surface area contributed by atoms with Crippen LogP contribution in [0.2, 0.25) is 0 Å². The number of carboxylic acids is 2. The van der Waals surface area contributed by atoms with E-state index in [1.54, 1.807) is 0 Å². The topological polar surface area (TPSA) is 163 Å². The van der Waals surface area contributed by atoms with Gasteiger partial charge in [-0.2, -0.15) is 36.5 Å². The predicted octanol–water partition coefficient (Wildman–Crippen LogP) is 0.642. The number of aromatic nitrogens is 4. The van der Waals surface area contributed by atoms with Gasteiger partial charge in [0.2, 0.25) is 0 Å². The molecule has 2 aliphatic heterocycles. The number of halogens is 6. The van der Waals surface area contributed by atoms with Gasteiger partial charge in [0.05, 0.1) is 12.2 Å². The monoisotopic (exact) mass is 557 g/mol. The van der Waals surface area contributed by atoms with Gasteiger partial charge in [-0.1, -0.05) is 0 Å². The van der Waals surface area contributed by atoms with E-state index in [9.17, 15) is 31.1 Å². The number of nitrogens with zero attached hydrogens (tertiary/aromatic N) is 4. The molecule has 0 saturated carbocycles. The highest BCUT2D eigenvalue weighted by Crippen LogP contribution is 2.20. The lowest BCUT2D eigenvalue weighted by molar-refractivity contribution is -0.193. The summed E-state index contributed by atoms with van der Waals surface area (Å²) in [6.45, 7) is 3.86. The highest BCUT2D eigenvalue weighted by Gasteiger charge is 2.38. The Hall–Kier alpha value is -3.67. The van der Waals surface area contributed by atoms with Gasteiger partial charge in [-0.25, -0.2) is 9.59 Å². The quantitative estimate of drug-likeness (QED) is 0.341. The lowest BCUT2D eigenvalue weighted by Gasteiger charge is -2.15. The summed E-state index contributed by atoms with van der Waals surface area (Å²) in [6.07, 6.45) is -8.28. The van der Waals surface area contributed by atoms with Crippen LogP contribution in [-0.4, -0.2) is 73.1 Å². The molecule has 0 atom stereocenters. The van der Waals surface area contributed by atoms with Crippen LogP contribution in [0.1, 0.15) is 38.7 Å². The van der Waals surface area contributed by atoms with Gasteiger partial charge in [-0.05, 0) is 0 Å². The Morgan fingerprint density at radius 1 is 0.842 bits per heavy atom. The number of carboxylic acid groups (broad SMARTS) is 2. The van der Waals surface area contributed by atoms with Gasteiger partial charge in [0, 0.05) is 75.6 Å². The molecule has 212 valence electrons. The van der Waals surface area contributed by atoms with E-state index in [0.717, 1.165) is 49.4 Å². The first-order valence-corrected chi connectivity index (χ1v) is 10.9. The number of alkyl halides is 6. The molecule has 0 bridgehead atoms. The zero-order chi connectivity index (χ0) is 28.8. The van der Waals surface area contributed by atoms with E-state index in [-0.39, 0.29) is 5.91 Å². The number of fused-ring (bicyclic) bond motifs is 2. The number of nitrogens with one attached hydrogen (secondary N) is 3. The largest absolute Gasteiger partial charge is 0.490 e. The summed E-state index contributed by atoms with van der Waals surface area (Å²) in [5, 5.41) is 32.9. The van der Waals surface area contributed by atoms with Crippen LogP contribution < -0.4 is 16.0 Å². The second-order valence-corrected chi connectivity index (χ2v) is 8.04. The molecule has 5 N–H and O–H groups in total. The Morgan fingerprint density at radius 2 is 1.26 bits per heavy atom. The van der Waals surface area contributed by atoms with Crippen molar-refractivity contribution < 1.29 is 50.9 Å². The maximum absolute atomic E-state index is 12.6. The van der Waals surface area contributed by atoms with E-state index in [1.807, 2.05) is 23.5 Å². The molecule has 1 amide bonds. The van der Waals surface area contributed by atoms with Crippen molar-refractivity contribution in [2.75, 3.05) is 13.1 Å². The fourth-order valence-corrected chi connectivity index (χ4v) is 3.69. The van der Waals surface area contributed by atoms with Crippen LogP contribution in [0.4, 0.5) is 26.3 Å². The number of carbonyl (C=O) groups is 3. The van der Waals surface area contributed by atoms with E-state index < -0.39 is 24.3 Å². The number of amides is 1. The zero-order valence-electron chi connectivity index (χ0n) is 20.1. The molecule has 0 fully saturated rings. The summed E-state index contributed by atoms with van der Waals surface area (Å²) in [4.78, 5) is 30.4. The normalized spacial score (nSPS) is 14.6. The molecule has 18 heteroatoms. The third-order valence-electron chi connectivity index (χ3n) is 5.43. The smallest absolute Gasteiger partial charge is 0.475 e. The van der Waals surface area contributed by atoms with Gasteiger partial charge in [-0.3, -0.25) is 14.2 Å². The van der Waals surface area contributed by atoms with Crippen LogP contribution in [0, 0.1) is 0 Å². The second kappa shape index (κ2) is 12.2. The molecule has 12 nitrogen and oxygen atoms in total. The Balaban J connectivity index is 0.000000301. The summed E-state index contributed by atoms with van der Waals surface area (Å²) in [6, 6.07) is 0. The van der Waals surface area contributed by atoms with Crippen molar-refractivity contribution >= 4 is 17.8 Å². The molecule has 0 aliphatic carbocycles. The van der Waals surface area contributed by atoms with Gasteiger partial charge in [0.1, 0.15) is 0 Å². The van der Waals surface area contributed by atoms with Crippen LogP contribution >= 0.6 is 0 Å². The van der Waals surface area contributed by atoms with Crippen LogP contribution in [0.5, 0.6) is 0 Å². The molecule has 4 heterocycles. The molecule has 0 aromatic carbocycles. The first-order chi connectivity index (χ1) is 17.5. The Labute approximate surface area is 211 Å². The zero-order valence-corrected chi connectivity index (χ0v) is 20.1. The van der Waals surface area contributed by atoms with Crippen molar-refractivity contribution in [1.82, 2.24) is 35.5 Å². The summed E-state index contributed by atoms with van der Waals surface area (Å²) in [5.74, 6) is -5.64. The van der Waals surface area contributed by atoms with Crippen molar-refractivity contribution in [3.05, 3.63) is 33.9 Å². The fourth-order valence-electron chi connectivity index (χ4n) is 3.69. The van der Waals surface area contributed by atoms with Gasteiger partial charge in [0.15, 0.2) is 5.69 Å². The Kier molecular flexibility index (Phi) is 9.85. The molecule has 38 heavy (non-hydrogen) atoms. The number of aryl methyl sites for hydroxylation is 2. The number of carbonyl (C=O) groups excluding carboxylic acids is 1. The summed E-state index contributed by atoms with van der Waals surface area (Å²) in [5.41, 5.74) is 6.12. The van der Waals surface area contributed by atoms with Gasteiger partial charge in [0.25, 0.3) is 5.91 Å². The number of hydrogen-bond donors (Lipinski definition) is 5. The lowest BCUT2D eigenvalue weighted by Crippen LogP contribution is -2.29. The van der Waals surface area contributed by atoms with Crippen LogP contribution in [0.25, 0.3) is 0 Å². The van der Waals surface area contributed by atoms with Crippen molar-refractivity contribution in [2.45, 2.75) is 44.8 Å². The highest BCUT2D eigenvalue weighted by atomic mass is 19.4. The summed E-state index contributed by atoms with van der Waals surface area (Å²) < 4.78 is 67.2. The van der Waals surface area contributed by atoms with Crippen LogP contribution in [0.15, 0.2) is 0 Å². The third kappa shape index (κ3) is 7.91. The van der Waals surface area contributed by atoms with E-state index >= 15 is 0 Å². The van der Waals surface area contributed by atoms with Crippen LogP contribution in [0.3, 0.4) is 0 Å². The third-order valence-corrected chi connectivity index (χ3v) is 5.43. The maximum Gasteiger partial charge on any atom is 0.490 e. The molecule has 2 aromatic heterocycles. The van der Waals surface area contributed by atoms with E-state index in [0.29, 0.717) is 18.8 Å². The standard InChI is InChI=1S/C16H23N7O.2C2HF3O2/c1-22-13-3-5-17-7-10(13)12(20-22)9-19-16(24)15-11-8-18-6-4-14(11)23(2)21-15;2*3-2(4,5)1(6)7/h17-18H,3-9H2,1-2H3,(H,19,24);2*(H,6,7). The molecule has 4 rings (SSSR count). The Morgan fingerprint density at radius 3 is 1.74 bits per heavy atom. The first-order valence-electron chi connectivity index (χ1n) is 10.9. The molecule has 2 aromatic rings. The fraction of sp³-hybridized carbons (Fsp3) is 0.550. The maximum atomic E-state index is 12.6. The molecule has 0 radical (unpaired) electrons. The molecule has 0 unspecified atom stereocenters. The van der Waals surface area contributed by atoms with Crippen molar-refractivity contribution in [1.29, 1.82) is 0 Å². The minimum Gasteiger partial charge on any atom is -0.475 e. The summed E-state index contributed by atoms with van der Waals surface area (Å²) >= 11 is 0. The van der Waals surface area contributed by atoms with Gasteiger partial charge < -0.3 is 26.2 Å². The highest BCUT2D eigenvalue weighted by molar-refractivity contribution is 5.94. The average molecular weight is 557 g/mol. The van der Waals surface area contributed by atoms with E-state index in [4.69, 9.17) is 19.8 Å². The van der Waals surface area contributed by atoms with E-state index in [2.05, 4.69) is 26.1 Å². The molecular weight excluding hydrogens is 532 g/mol. The number of aliphatic carboxylic acids is 2. The van der Waals surface area contributed by atoms with Gasteiger partial charge >= 0.3 is 24.3 Å². The van der Waals surface area contributed by atoms with Crippen LogP contribution in [-0.2, 0) is 56.2 Å². The first kappa shape index (κ1) is 30.6. The van der Waals surface area contributed by atoms with E-state index in [1.165, 1.54) is 11.3 Å². The Bertz CT molecular complexity index is 1150. The number of hydrogen-bond acceptors (Lipinski definition) is 7. The lowest BCUT2D eigenvalue weighted by atomic mass is 10.1. The van der Waals surface area contributed by atoms with Crippen molar-refractivity contribution in [2.24, 2.45) is 14.1 Å². The minimum absolute atomic E-state index is 0.126.